The minimum absolute atomic E-state index is 0.0683. The Bertz CT molecular complexity index is 1980. The number of aliphatic hydroxyl groups excluding tert-OH is 1. The van der Waals surface area contributed by atoms with Crippen LogP contribution >= 0.6 is 27.7 Å². The molecule has 3 unspecified atom stereocenters. The average Bonchev–Trinajstić information content (AvgIpc) is 3.88. The Morgan fingerprint density at radius 2 is 1.77 bits per heavy atom. The molecular formula is C39H41BrN6O5S. The Hall–Kier alpha value is -4.46. The molecule has 1 N–H and O–H groups in total. The number of hydrogen-bond acceptors (Lipinski definition) is 8. The molecule has 11 nitrogen and oxygen atoms in total. The molecule has 3 amide bonds. The summed E-state index contributed by atoms with van der Waals surface area (Å²) in [6.07, 6.45) is 3.81. The van der Waals surface area contributed by atoms with Crippen LogP contribution in [0.3, 0.4) is 0 Å². The number of amides is 3. The molecule has 3 fully saturated rings. The van der Waals surface area contributed by atoms with Crippen molar-refractivity contribution in [1.29, 1.82) is 0 Å². The number of aliphatic hydroxyl groups is 1. The van der Waals surface area contributed by atoms with E-state index in [0.717, 1.165) is 5.52 Å². The van der Waals surface area contributed by atoms with E-state index in [1.807, 2.05) is 85.8 Å². The average molecular weight is 786 g/mol. The molecule has 0 aliphatic carbocycles. The van der Waals surface area contributed by atoms with Crippen molar-refractivity contribution in [3.05, 3.63) is 110 Å². The summed E-state index contributed by atoms with van der Waals surface area (Å²) in [4.78, 5) is 50.0. The minimum Gasteiger partial charge on any atom is -0.494 e. The van der Waals surface area contributed by atoms with E-state index < -0.39 is 35.3 Å². The van der Waals surface area contributed by atoms with E-state index in [1.54, 1.807) is 43.3 Å². The molecule has 2 bridgehead atoms. The molecule has 1 spiro atoms. The molecule has 7 rings (SSSR count). The number of carbonyl (C=O) groups is 3. The lowest BCUT2D eigenvalue weighted by Gasteiger charge is -2.40. The smallest absolute Gasteiger partial charge is 0.248 e. The maximum atomic E-state index is 15.2. The van der Waals surface area contributed by atoms with Crippen LogP contribution in [0.5, 0.6) is 5.75 Å². The first kappa shape index (κ1) is 35.9. The summed E-state index contributed by atoms with van der Waals surface area (Å²) in [5.41, 5.74) is 2.81. The van der Waals surface area contributed by atoms with E-state index in [1.165, 1.54) is 0 Å². The van der Waals surface area contributed by atoms with Crippen molar-refractivity contribution >= 4 is 62.1 Å². The SMILES string of the molecule is C=CCN(Cn1nnc2ccccc21)C(=O)C1N([C@H](CO)c2ccccc2)C(=O)[C@@H]2[C@@H](C(=O)N(CC=C)c3ccc(OCC)cc3)[C@@H]3SC12CC3Br. The third kappa shape index (κ3) is 6.02. The number of halogens is 1. The molecule has 270 valence electrons. The number of fused-ring (bicyclic) bond motifs is 2. The number of para-hydroxylation sites is 1. The molecule has 3 saturated heterocycles. The van der Waals surface area contributed by atoms with E-state index in [2.05, 4.69) is 39.4 Å². The van der Waals surface area contributed by atoms with Crippen molar-refractivity contribution < 1.29 is 24.2 Å². The van der Waals surface area contributed by atoms with E-state index in [9.17, 15) is 9.90 Å². The van der Waals surface area contributed by atoms with Crippen LogP contribution in [0.2, 0.25) is 0 Å². The number of ether oxygens (including phenoxy) is 1. The van der Waals surface area contributed by atoms with Gasteiger partial charge in [-0.2, -0.15) is 0 Å². The van der Waals surface area contributed by atoms with E-state index in [0.29, 0.717) is 35.5 Å². The molecule has 4 aromatic rings. The number of anilines is 1. The fourth-order valence-corrected chi connectivity index (χ4v) is 11.8. The number of likely N-dealkylation sites (tertiary alicyclic amines) is 1. The number of aromatic nitrogens is 3. The van der Waals surface area contributed by atoms with Crippen LogP contribution in [0.15, 0.2) is 104 Å². The lowest BCUT2D eigenvalue weighted by atomic mass is 9.70. The number of carbonyl (C=O) groups excluding carboxylic acids is 3. The van der Waals surface area contributed by atoms with Crippen molar-refractivity contribution in [1.82, 2.24) is 24.8 Å². The molecule has 7 atom stereocenters. The first-order valence-electron chi connectivity index (χ1n) is 17.4. The van der Waals surface area contributed by atoms with Gasteiger partial charge in [-0.15, -0.1) is 30.0 Å². The van der Waals surface area contributed by atoms with Crippen molar-refractivity contribution in [2.45, 2.75) is 46.9 Å². The van der Waals surface area contributed by atoms with Crippen LogP contribution in [0.4, 0.5) is 5.69 Å². The normalized spacial score (nSPS) is 25.2. The van der Waals surface area contributed by atoms with E-state index >= 15 is 9.59 Å². The Labute approximate surface area is 315 Å². The molecule has 1 aromatic heterocycles. The van der Waals surface area contributed by atoms with Gasteiger partial charge in [0, 0.05) is 28.9 Å². The number of benzene rings is 3. The van der Waals surface area contributed by atoms with Gasteiger partial charge >= 0.3 is 0 Å². The maximum absolute atomic E-state index is 15.2. The standard InChI is InChI=1S/C39H41BrN6O5S/c1-4-20-43(24-45-30-15-11-10-14-29(30)41-42-45)38(50)35-39-22-28(40)34(52-39)32(33(39)37(49)46(35)31(23-47)25-12-8-7-9-13-25)36(48)44(21-5-2)26-16-18-27(19-17-26)51-6-3/h4-5,7-19,28,31-35,47H,1-2,6,20-24H2,3H3/t28?,31-,32-,33+,34-,35?,39?/m1/s1. The Kier molecular flexibility index (Phi) is 10.3. The van der Waals surface area contributed by atoms with Crippen LogP contribution in [0, 0.1) is 11.8 Å². The quantitative estimate of drug-likeness (QED) is 0.137. The zero-order valence-corrected chi connectivity index (χ0v) is 31.2. The molecule has 3 aliphatic heterocycles. The molecule has 4 heterocycles. The fraction of sp³-hybridized carbons (Fsp3) is 0.359. The summed E-state index contributed by atoms with van der Waals surface area (Å²) in [5, 5.41) is 19.3. The zero-order chi connectivity index (χ0) is 36.6. The summed E-state index contributed by atoms with van der Waals surface area (Å²) in [6.45, 7) is 10.4. The molecule has 0 radical (unpaired) electrons. The summed E-state index contributed by atoms with van der Waals surface area (Å²) < 4.78 is 6.34. The highest BCUT2D eigenvalue weighted by Gasteiger charge is 2.76. The predicted octanol–water partition coefficient (Wildman–Crippen LogP) is 5.22. The van der Waals surface area contributed by atoms with Crippen molar-refractivity contribution in [3.8, 4) is 5.75 Å². The first-order valence-corrected chi connectivity index (χ1v) is 19.2. The van der Waals surface area contributed by atoms with Crippen molar-refractivity contribution in [2.75, 3.05) is 31.2 Å². The Morgan fingerprint density at radius 3 is 2.46 bits per heavy atom. The second-order valence-electron chi connectivity index (χ2n) is 13.3. The summed E-state index contributed by atoms with van der Waals surface area (Å²) in [6, 6.07) is 22.3. The van der Waals surface area contributed by atoms with Gasteiger partial charge in [-0.05, 0) is 55.3 Å². The topological polar surface area (TPSA) is 121 Å². The third-order valence-electron chi connectivity index (χ3n) is 10.4. The number of rotatable bonds is 14. The summed E-state index contributed by atoms with van der Waals surface area (Å²) in [5.74, 6) is -1.71. The minimum atomic E-state index is -0.997. The maximum Gasteiger partial charge on any atom is 0.248 e. The van der Waals surface area contributed by atoms with Gasteiger partial charge in [0.05, 0.1) is 41.4 Å². The molecule has 13 heteroatoms. The van der Waals surface area contributed by atoms with Crippen molar-refractivity contribution in [3.63, 3.8) is 0 Å². The molecule has 3 aliphatic rings. The Balaban J connectivity index is 1.32. The number of alkyl halides is 1. The zero-order valence-electron chi connectivity index (χ0n) is 28.8. The van der Waals surface area contributed by atoms with Crippen molar-refractivity contribution in [2.24, 2.45) is 11.8 Å². The van der Waals surface area contributed by atoms with E-state index in [4.69, 9.17) is 4.74 Å². The monoisotopic (exact) mass is 784 g/mol. The second kappa shape index (κ2) is 14.9. The highest BCUT2D eigenvalue weighted by atomic mass is 79.9. The van der Waals surface area contributed by atoms with Gasteiger partial charge in [-0.3, -0.25) is 14.4 Å². The van der Waals surface area contributed by atoms with Crippen LogP contribution in [-0.4, -0.2) is 94.8 Å². The highest BCUT2D eigenvalue weighted by molar-refractivity contribution is 9.09. The lowest BCUT2D eigenvalue weighted by molar-refractivity contribution is -0.146. The third-order valence-corrected chi connectivity index (χ3v) is 13.6. The predicted molar refractivity (Wildman–Crippen MR) is 205 cm³/mol. The van der Waals surface area contributed by atoms with Crippen LogP contribution in [0.25, 0.3) is 11.0 Å². The number of hydrogen-bond donors (Lipinski definition) is 1. The van der Waals surface area contributed by atoms with Gasteiger partial charge in [0.1, 0.15) is 24.0 Å². The molecular weight excluding hydrogens is 744 g/mol. The summed E-state index contributed by atoms with van der Waals surface area (Å²) >= 11 is 5.45. The number of thioether (sulfide) groups is 1. The largest absolute Gasteiger partial charge is 0.494 e. The second-order valence-corrected chi connectivity index (χ2v) is 16.0. The van der Waals surface area contributed by atoms with Crippen LogP contribution < -0.4 is 9.64 Å². The molecule has 52 heavy (non-hydrogen) atoms. The van der Waals surface area contributed by atoms with Gasteiger partial charge in [0.25, 0.3) is 0 Å². The van der Waals surface area contributed by atoms with Crippen LogP contribution in [-0.2, 0) is 21.1 Å². The molecule has 3 aromatic carbocycles. The van der Waals surface area contributed by atoms with E-state index in [-0.39, 0.29) is 47.6 Å². The Morgan fingerprint density at radius 1 is 1.06 bits per heavy atom. The lowest BCUT2D eigenvalue weighted by Crippen LogP contribution is -2.56. The first-order chi connectivity index (χ1) is 25.3. The molecule has 0 saturated carbocycles. The highest BCUT2D eigenvalue weighted by Crippen LogP contribution is 2.69. The van der Waals surface area contributed by atoms with Gasteiger partial charge < -0.3 is 24.5 Å². The van der Waals surface area contributed by atoms with Gasteiger partial charge in [0.2, 0.25) is 17.7 Å². The van der Waals surface area contributed by atoms with Gasteiger partial charge in [-0.1, -0.05) is 75.8 Å². The van der Waals surface area contributed by atoms with Gasteiger partial charge in [0.15, 0.2) is 0 Å². The number of nitrogens with zero attached hydrogens (tertiary/aromatic N) is 6. The fourth-order valence-electron chi connectivity index (χ4n) is 8.24. The summed E-state index contributed by atoms with van der Waals surface area (Å²) in [7, 11) is 0. The van der Waals surface area contributed by atoms with Gasteiger partial charge in [-0.25, -0.2) is 4.68 Å². The van der Waals surface area contributed by atoms with Crippen LogP contribution in [0.1, 0.15) is 24.9 Å².